The van der Waals surface area contributed by atoms with Crippen LogP contribution in [0.4, 0.5) is 0 Å². The number of hydrogen-bond donors (Lipinski definition) is 4. The third kappa shape index (κ3) is 9.26. The van der Waals surface area contributed by atoms with Crippen molar-refractivity contribution in [3.63, 3.8) is 0 Å². The maximum Gasteiger partial charge on any atom is 0.317 e. The Kier molecular flexibility index (Phi) is 7.57. The van der Waals surface area contributed by atoms with Crippen LogP contribution in [0.3, 0.4) is 0 Å². The summed E-state index contributed by atoms with van der Waals surface area (Å²) in [5.41, 5.74) is 0. The summed E-state index contributed by atoms with van der Waals surface area (Å²) in [5, 5.41) is 28.3. The van der Waals surface area contributed by atoms with Gasteiger partial charge >= 0.3 is 5.97 Å². The monoisotopic (exact) mass is 191 g/mol. The van der Waals surface area contributed by atoms with Crippen LogP contribution >= 0.6 is 0 Å². The van der Waals surface area contributed by atoms with E-state index < -0.39 is 12.2 Å². The normalized spacial score (nSPS) is 12.8. The molecular formula is C8H17NO4. The molecule has 0 bridgehead atoms. The Morgan fingerprint density at radius 2 is 2.00 bits per heavy atom. The van der Waals surface area contributed by atoms with Crippen LogP contribution in [-0.2, 0) is 4.79 Å². The summed E-state index contributed by atoms with van der Waals surface area (Å²) in [6.07, 6.45) is 2.13. The van der Waals surface area contributed by atoms with Crippen molar-refractivity contribution in [1.82, 2.24) is 5.32 Å². The van der Waals surface area contributed by atoms with Gasteiger partial charge in [-0.05, 0) is 19.3 Å². The Bertz CT molecular complexity index is 140. The largest absolute Gasteiger partial charge is 0.480 e. The van der Waals surface area contributed by atoms with Gasteiger partial charge in [-0.1, -0.05) is 6.42 Å². The third-order valence-corrected chi connectivity index (χ3v) is 1.62. The SMILES string of the molecule is O=C(O)CNC(O)CCCCCO. The van der Waals surface area contributed by atoms with E-state index in [1.54, 1.807) is 0 Å². The smallest absolute Gasteiger partial charge is 0.317 e. The van der Waals surface area contributed by atoms with E-state index in [1.807, 2.05) is 0 Å². The van der Waals surface area contributed by atoms with Crippen LogP contribution in [0, 0.1) is 0 Å². The molecule has 0 spiro atoms. The fourth-order valence-electron chi connectivity index (χ4n) is 0.933. The molecule has 4 N–H and O–H groups in total. The van der Waals surface area contributed by atoms with Crippen LogP contribution in [-0.4, -0.2) is 40.7 Å². The highest BCUT2D eigenvalue weighted by molar-refractivity contribution is 5.68. The van der Waals surface area contributed by atoms with E-state index in [2.05, 4.69) is 5.32 Å². The molecule has 0 saturated heterocycles. The highest BCUT2D eigenvalue weighted by atomic mass is 16.4. The Morgan fingerprint density at radius 1 is 1.31 bits per heavy atom. The molecule has 5 heteroatoms. The highest BCUT2D eigenvalue weighted by Gasteiger charge is 2.04. The average Bonchev–Trinajstić information content (AvgIpc) is 2.09. The van der Waals surface area contributed by atoms with Crippen LogP contribution in [0.25, 0.3) is 0 Å². The van der Waals surface area contributed by atoms with Gasteiger partial charge in [-0.3, -0.25) is 10.1 Å². The summed E-state index contributed by atoms with van der Waals surface area (Å²) in [5.74, 6) is -0.977. The second-order valence-electron chi connectivity index (χ2n) is 2.86. The molecule has 0 amide bonds. The molecular weight excluding hydrogens is 174 g/mol. The number of aliphatic hydroxyl groups excluding tert-OH is 2. The molecule has 0 aliphatic rings. The number of rotatable bonds is 8. The highest BCUT2D eigenvalue weighted by Crippen LogP contribution is 2.00. The van der Waals surface area contributed by atoms with E-state index in [0.29, 0.717) is 6.42 Å². The zero-order chi connectivity index (χ0) is 10.1. The Labute approximate surface area is 77.4 Å². The lowest BCUT2D eigenvalue weighted by Gasteiger charge is -2.10. The van der Waals surface area contributed by atoms with E-state index in [-0.39, 0.29) is 13.2 Å². The quantitative estimate of drug-likeness (QED) is 0.308. The van der Waals surface area contributed by atoms with Gasteiger partial charge in [0.05, 0.1) is 6.54 Å². The van der Waals surface area contributed by atoms with Crippen LogP contribution in [0.5, 0.6) is 0 Å². The van der Waals surface area contributed by atoms with Crippen LogP contribution in [0.2, 0.25) is 0 Å². The predicted octanol–water partition coefficient (Wildman–Crippen LogP) is -0.468. The summed E-state index contributed by atoms with van der Waals surface area (Å²) < 4.78 is 0. The molecule has 1 unspecified atom stereocenters. The molecule has 0 aromatic rings. The van der Waals surface area contributed by atoms with Gasteiger partial charge < -0.3 is 15.3 Å². The summed E-state index contributed by atoms with van der Waals surface area (Å²) in [7, 11) is 0. The van der Waals surface area contributed by atoms with Gasteiger partial charge in [0.2, 0.25) is 0 Å². The van der Waals surface area contributed by atoms with Crippen molar-refractivity contribution in [2.45, 2.75) is 31.9 Å². The lowest BCUT2D eigenvalue weighted by Crippen LogP contribution is -2.33. The van der Waals surface area contributed by atoms with Crippen molar-refractivity contribution in [2.24, 2.45) is 0 Å². The van der Waals surface area contributed by atoms with E-state index in [0.717, 1.165) is 19.3 Å². The molecule has 13 heavy (non-hydrogen) atoms. The van der Waals surface area contributed by atoms with Gasteiger partial charge in [-0.15, -0.1) is 0 Å². The zero-order valence-electron chi connectivity index (χ0n) is 7.57. The summed E-state index contributed by atoms with van der Waals surface area (Å²) in [6, 6.07) is 0. The Balaban J connectivity index is 3.19. The van der Waals surface area contributed by atoms with Crippen LogP contribution < -0.4 is 5.32 Å². The van der Waals surface area contributed by atoms with Crippen LogP contribution in [0.15, 0.2) is 0 Å². The number of nitrogens with one attached hydrogen (secondary N) is 1. The molecule has 1 atom stereocenters. The molecule has 0 aliphatic carbocycles. The van der Waals surface area contributed by atoms with Gasteiger partial charge in [-0.2, -0.15) is 0 Å². The molecule has 0 fully saturated rings. The van der Waals surface area contributed by atoms with Crippen molar-refractivity contribution in [1.29, 1.82) is 0 Å². The fraction of sp³-hybridized carbons (Fsp3) is 0.875. The second kappa shape index (κ2) is 7.97. The van der Waals surface area contributed by atoms with Crippen LogP contribution in [0.1, 0.15) is 25.7 Å². The number of carboxylic acids is 1. The summed E-state index contributed by atoms with van der Waals surface area (Å²) in [4.78, 5) is 10.1. The molecule has 78 valence electrons. The minimum Gasteiger partial charge on any atom is -0.480 e. The number of aliphatic carboxylic acids is 1. The number of carboxylic acid groups (broad SMARTS) is 1. The number of aliphatic hydroxyl groups is 2. The topological polar surface area (TPSA) is 89.8 Å². The molecule has 0 aromatic heterocycles. The molecule has 0 aromatic carbocycles. The lowest BCUT2D eigenvalue weighted by atomic mass is 10.2. The third-order valence-electron chi connectivity index (χ3n) is 1.62. The van der Waals surface area contributed by atoms with E-state index in [9.17, 15) is 4.79 Å². The fourth-order valence-corrected chi connectivity index (χ4v) is 0.933. The first-order chi connectivity index (χ1) is 6.16. The number of unbranched alkanes of at least 4 members (excludes halogenated alkanes) is 2. The maximum atomic E-state index is 10.1. The first-order valence-corrected chi connectivity index (χ1v) is 4.41. The minimum atomic E-state index is -0.977. The molecule has 0 rings (SSSR count). The van der Waals surface area contributed by atoms with E-state index in [1.165, 1.54) is 0 Å². The van der Waals surface area contributed by atoms with Gasteiger partial charge in [-0.25, -0.2) is 0 Å². The Morgan fingerprint density at radius 3 is 2.54 bits per heavy atom. The summed E-state index contributed by atoms with van der Waals surface area (Å²) in [6.45, 7) is -0.0557. The lowest BCUT2D eigenvalue weighted by molar-refractivity contribution is -0.136. The zero-order valence-corrected chi connectivity index (χ0v) is 7.57. The molecule has 0 saturated carbocycles. The second-order valence-corrected chi connectivity index (χ2v) is 2.86. The minimum absolute atomic E-state index is 0.165. The van der Waals surface area contributed by atoms with Crippen molar-refractivity contribution in [3.05, 3.63) is 0 Å². The molecule has 0 radical (unpaired) electrons. The maximum absolute atomic E-state index is 10.1. The van der Waals surface area contributed by atoms with Crippen molar-refractivity contribution >= 4 is 5.97 Å². The van der Waals surface area contributed by atoms with Gasteiger partial charge in [0, 0.05) is 6.61 Å². The Hall–Kier alpha value is -0.650. The standard InChI is InChI=1S/C8H17NO4/c10-5-3-1-2-4-7(11)9-6-8(12)13/h7,9-11H,1-6H2,(H,12,13). The molecule has 0 heterocycles. The van der Waals surface area contributed by atoms with E-state index in [4.69, 9.17) is 15.3 Å². The summed E-state index contributed by atoms with van der Waals surface area (Å²) >= 11 is 0. The molecule has 5 nitrogen and oxygen atoms in total. The molecule has 0 aliphatic heterocycles. The number of hydrogen-bond acceptors (Lipinski definition) is 4. The first-order valence-electron chi connectivity index (χ1n) is 4.41. The van der Waals surface area contributed by atoms with Gasteiger partial charge in [0.1, 0.15) is 6.23 Å². The predicted molar refractivity (Wildman–Crippen MR) is 47.2 cm³/mol. The van der Waals surface area contributed by atoms with Gasteiger partial charge in [0.25, 0.3) is 0 Å². The van der Waals surface area contributed by atoms with Crippen molar-refractivity contribution in [3.8, 4) is 0 Å². The van der Waals surface area contributed by atoms with Crippen molar-refractivity contribution < 1.29 is 20.1 Å². The van der Waals surface area contributed by atoms with Crippen molar-refractivity contribution in [2.75, 3.05) is 13.2 Å². The number of carbonyl (C=O) groups is 1. The van der Waals surface area contributed by atoms with Gasteiger partial charge in [0.15, 0.2) is 0 Å². The average molecular weight is 191 g/mol. The van der Waals surface area contributed by atoms with E-state index >= 15 is 0 Å². The first kappa shape index (κ1) is 12.3.